The quantitative estimate of drug-likeness (QED) is 0.747. The van der Waals surface area contributed by atoms with E-state index in [0.29, 0.717) is 18.6 Å². The molecule has 0 N–H and O–H groups in total. The lowest BCUT2D eigenvalue weighted by atomic mass is 10.2. The van der Waals surface area contributed by atoms with Crippen LogP contribution >= 0.6 is 0 Å². The Labute approximate surface area is 148 Å². The smallest absolute Gasteiger partial charge is 0.243 e. The highest BCUT2D eigenvalue weighted by molar-refractivity contribution is 7.92. The maximum absolute atomic E-state index is 13.1. The Bertz CT molecular complexity index is 866. The van der Waals surface area contributed by atoms with E-state index in [0.717, 1.165) is 12.8 Å². The standard InChI is InChI=1S/C16H20N2O5S2/c17-10-13-3-5-16(6-4-13)25(21,22)18(11-15-2-1-8-23-15)14-7-9-24(19,20)12-14/h3-6,14-15H,1-2,7-9,11-12H2/t14-,15+/m1/s1. The predicted molar refractivity (Wildman–Crippen MR) is 91.1 cm³/mol. The zero-order valence-corrected chi connectivity index (χ0v) is 15.3. The fourth-order valence-electron chi connectivity index (χ4n) is 3.27. The van der Waals surface area contributed by atoms with E-state index in [1.807, 2.05) is 6.07 Å². The molecule has 0 spiro atoms. The van der Waals surface area contributed by atoms with E-state index in [9.17, 15) is 16.8 Å². The molecule has 1 aromatic rings. The van der Waals surface area contributed by atoms with Crippen LogP contribution in [0.4, 0.5) is 0 Å². The summed E-state index contributed by atoms with van der Waals surface area (Å²) in [5, 5.41) is 8.87. The van der Waals surface area contributed by atoms with Gasteiger partial charge in [-0.15, -0.1) is 0 Å². The summed E-state index contributed by atoms with van der Waals surface area (Å²) in [6.07, 6.45) is 1.72. The fraction of sp³-hybridized carbons (Fsp3) is 0.562. The van der Waals surface area contributed by atoms with Crippen LogP contribution in [0.3, 0.4) is 0 Å². The van der Waals surface area contributed by atoms with Gasteiger partial charge in [0.05, 0.1) is 34.1 Å². The molecule has 25 heavy (non-hydrogen) atoms. The van der Waals surface area contributed by atoms with E-state index in [-0.39, 0.29) is 29.0 Å². The van der Waals surface area contributed by atoms with Crippen molar-refractivity contribution in [2.45, 2.75) is 36.3 Å². The molecule has 9 heteroatoms. The summed E-state index contributed by atoms with van der Waals surface area (Å²) < 4.78 is 56.8. The monoisotopic (exact) mass is 384 g/mol. The van der Waals surface area contributed by atoms with Crippen molar-refractivity contribution >= 4 is 19.9 Å². The van der Waals surface area contributed by atoms with E-state index in [1.165, 1.54) is 28.6 Å². The van der Waals surface area contributed by atoms with Crippen LogP contribution < -0.4 is 0 Å². The maximum Gasteiger partial charge on any atom is 0.243 e. The molecule has 0 aliphatic carbocycles. The SMILES string of the molecule is N#Cc1ccc(S(=O)(=O)N(C[C@@H]2CCCO2)[C@@H]2CCS(=O)(=O)C2)cc1. The Hall–Kier alpha value is -1.47. The third-order valence-corrected chi connectivity index (χ3v) is 8.30. The summed E-state index contributed by atoms with van der Waals surface area (Å²) in [5.41, 5.74) is 0.369. The van der Waals surface area contributed by atoms with Crippen molar-refractivity contribution in [1.29, 1.82) is 5.26 Å². The Morgan fingerprint density at radius 2 is 1.96 bits per heavy atom. The Morgan fingerprint density at radius 3 is 2.48 bits per heavy atom. The first-order valence-electron chi connectivity index (χ1n) is 8.16. The van der Waals surface area contributed by atoms with Gasteiger partial charge >= 0.3 is 0 Å². The average Bonchev–Trinajstić information content (AvgIpc) is 3.21. The van der Waals surface area contributed by atoms with Crippen molar-refractivity contribution < 1.29 is 21.6 Å². The van der Waals surface area contributed by atoms with Gasteiger partial charge < -0.3 is 4.74 Å². The second-order valence-corrected chi connectivity index (χ2v) is 10.5. The van der Waals surface area contributed by atoms with E-state index in [2.05, 4.69) is 0 Å². The van der Waals surface area contributed by atoms with Crippen molar-refractivity contribution in [2.24, 2.45) is 0 Å². The molecule has 0 radical (unpaired) electrons. The van der Waals surface area contributed by atoms with E-state index < -0.39 is 25.9 Å². The average molecular weight is 384 g/mol. The first-order chi connectivity index (χ1) is 11.8. The van der Waals surface area contributed by atoms with E-state index in [1.54, 1.807) is 0 Å². The molecular formula is C16H20N2O5S2. The minimum absolute atomic E-state index is 0.00256. The van der Waals surface area contributed by atoms with Gasteiger partial charge in [-0.2, -0.15) is 9.57 Å². The minimum atomic E-state index is -3.87. The molecule has 3 rings (SSSR count). The highest BCUT2D eigenvalue weighted by Gasteiger charge is 2.40. The number of nitrogens with zero attached hydrogens (tertiary/aromatic N) is 2. The molecule has 1 aromatic carbocycles. The van der Waals surface area contributed by atoms with Gasteiger partial charge in [-0.1, -0.05) is 0 Å². The molecular weight excluding hydrogens is 364 g/mol. The van der Waals surface area contributed by atoms with Crippen LogP contribution in [0.15, 0.2) is 29.2 Å². The fourth-order valence-corrected chi connectivity index (χ4v) is 6.78. The van der Waals surface area contributed by atoms with Crippen LogP contribution in [0.5, 0.6) is 0 Å². The third kappa shape index (κ3) is 4.03. The van der Waals surface area contributed by atoms with Gasteiger partial charge in [0.2, 0.25) is 10.0 Å². The largest absolute Gasteiger partial charge is 0.377 e. The van der Waals surface area contributed by atoms with Crippen molar-refractivity contribution in [3.05, 3.63) is 29.8 Å². The van der Waals surface area contributed by atoms with Crippen LogP contribution in [0.1, 0.15) is 24.8 Å². The highest BCUT2D eigenvalue weighted by Crippen LogP contribution is 2.27. The molecule has 2 aliphatic heterocycles. The number of sulfone groups is 1. The summed E-state index contributed by atoms with van der Waals surface area (Å²) in [6.45, 7) is 0.751. The summed E-state index contributed by atoms with van der Waals surface area (Å²) in [6, 6.07) is 7.05. The Morgan fingerprint density at radius 1 is 1.24 bits per heavy atom. The normalized spacial score (nSPS) is 25.9. The Kier molecular flexibility index (Phi) is 5.16. The first-order valence-corrected chi connectivity index (χ1v) is 11.4. The molecule has 0 amide bonds. The maximum atomic E-state index is 13.1. The molecule has 7 nitrogen and oxygen atoms in total. The molecule has 2 atom stereocenters. The van der Waals surface area contributed by atoms with Crippen LogP contribution in [0.25, 0.3) is 0 Å². The predicted octanol–water partition coefficient (Wildman–Crippen LogP) is 0.915. The number of rotatable bonds is 5. The van der Waals surface area contributed by atoms with E-state index in [4.69, 9.17) is 10.00 Å². The topological polar surface area (TPSA) is 105 Å². The summed E-state index contributed by atoms with van der Waals surface area (Å²) in [5.74, 6) is -0.155. The molecule has 136 valence electrons. The van der Waals surface area contributed by atoms with Crippen molar-refractivity contribution in [3.8, 4) is 6.07 Å². The Balaban J connectivity index is 1.92. The van der Waals surface area contributed by atoms with Gasteiger partial charge in [-0.3, -0.25) is 0 Å². The first kappa shape index (κ1) is 18.3. The lowest BCUT2D eigenvalue weighted by molar-refractivity contribution is 0.0877. The highest BCUT2D eigenvalue weighted by atomic mass is 32.2. The number of hydrogen-bond acceptors (Lipinski definition) is 6. The van der Waals surface area contributed by atoms with Crippen LogP contribution in [0, 0.1) is 11.3 Å². The molecule has 0 saturated carbocycles. The zero-order chi connectivity index (χ0) is 18.1. The summed E-state index contributed by atoms with van der Waals surface area (Å²) in [7, 11) is -7.08. The summed E-state index contributed by atoms with van der Waals surface area (Å²) >= 11 is 0. The molecule has 2 aliphatic rings. The van der Waals surface area contributed by atoms with Gasteiger partial charge in [0, 0.05) is 19.2 Å². The van der Waals surface area contributed by atoms with Gasteiger partial charge in [0.25, 0.3) is 0 Å². The van der Waals surface area contributed by atoms with Crippen LogP contribution in [0.2, 0.25) is 0 Å². The molecule has 0 bridgehead atoms. The van der Waals surface area contributed by atoms with Crippen molar-refractivity contribution in [3.63, 3.8) is 0 Å². The second kappa shape index (κ2) is 7.03. The number of ether oxygens (including phenoxy) is 1. The molecule has 2 fully saturated rings. The molecule has 0 unspecified atom stereocenters. The van der Waals surface area contributed by atoms with Gasteiger partial charge in [-0.05, 0) is 43.5 Å². The minimum Gasteiger partial charge on any atom is -0.377 e. The number of hydrogen-bond donors (Lipinski definition) is 0. The lowest BCUT2D eigenvalue weighted by Gasteiger charge is -2.29. The third-order valence-electron chi connectivity index (χ3n) is 4.61. The zero-order valence-electron chi connectivity index (χ0n) is 13.7. The van der Waals surface area contributed by atoms with Crippen molar-refractivity contribution in [2.75, 3.05) is 24.7 Å². The summed E-state index contributed by atoms with van der Waals surface area (Å²) in [4.78, 5) is 0.0637. The molecule has 0 aromatic heterocycles. The van der Waals surface area contributed by atoms with Crippen molar-refractivity contribution in [1.82, 2.24) is 4.31 Å². The molecule has 2 heterocycles. The van der Waals surface area contributed by atoms with Gasteiger partial charge in [0.1, 0.15) is 0 Å². The molecule has 2 saturated heterocycles. The van der Waals surface area contributed by atoms with Gasteiger partial charge in [0.15, 0.2) is 9.84 Å². The van der Waals surface area contributed by atoms with Gasteiger partial charge in [-0.25, -0.2) is 16.8 Å². The number of nitriles is 1. The second-order valence-electron chi connectivity index (χ2n) is 6.40. The van der Waals surface area contributed by atoms with E-state index >= 15 is 0 Å². The van der Waals surface area contributed by atoms with Crippen LogP contribution in [-0.4, -0.2) is 57.9 Å². The number of benzene rings is 1. The van der Waals surface area contributed by atoms with Crippen LogP contribution in [-0.2, 0) is 24.6 Å². The lowest BCUT2D eigenvalue weighted by Crippen LogP contribution is -2.45. The number of sulfonamides is 1.